The summed E-state index contributed by atoms with van der Waals surface area (Å²) < 4.78 is 0.609. The molecule has 1 fully saturated rings. The highest BCUT2D eigenvalue weighted by Gasteiger charge is 2.43. The maximum absolute atomic E-state index is 12.4. The molecule has 0 heterocycles. The number of carbonyl (C=O) groups is 2. The number of amides is 1. The molecule has 1 amide bonds. The minimum absolute atomic E-state index is 0.271. The molecule has 1 aromatic rings. The fourth-order valence-electron chi connectivity index (χ4n) is 2.88. The van der Waals surface area contributed by atoms with Crippen molar-refractivity contribution >= 4 is 39.4 Å². The van der Waals surface area contributed by atoms with Crippen LogP contribution < -0.4 is 5.32 Å². The van der Waals surface area contributed by atoms with Gasteiger partial charge in [-0.3, -0.25) is 4.79 Å². The zero-order valence-corrected chi connectivity index (χ0v) is 14.0. The maximum Gasteiger partial charge on any atom is 0.329 e. The van der Waals surface area contributed by atoms with Crippen LogP contribution in [-0.4, -0.2) is 22.5 Å². The molecule has 4 nitrogen and oxygen atoms in total. The van der Waals surface area contributed by atoms with E-state index in [4.69, 9.17) is 11.6 Å². The molecule has 2 atom stereocenters. The summed E-state index contributed by atoms with van der Waals surface area (Å²) in [7, 11) is 0. The summed E-state index contributed by atoms with van der Waals surface area (Å²) in [5.74, 6) is -1.15. The van der Waals surface area contributed by atoms with Crippen molar-refractivity contribution in [1.82, 2.24) is 5.32 Å². The molecule has 0 spiro atoms. The van der Waals surface area contributed by atoms with Crippen molar-refractivity contribution < 1.29 is 14.7 Å². The van der Waals surface area contributed by atoms with Gasteiger partial charge in [0.2, 0.25) is 0 Å². The van der Waals surface area contributed by atoms with Gasteiger partial charge < -0.3 is 10.4 Å². The summed E-state index contributed by atoms with van der Waals surface area (Å²) in [4.78, 5) is 24.1. The summed E-state index contributed by atoms with van der Waals surface area (Å²) in [6.07, 6.45) is 2.67. The number of hydrogen-bond acceptors (Lipinski definition) is 2. The van der Waals surface area contributed by atoms with Crippen molar-refractivity contribution in [3.8, 4) is 0 Å². The topological polar surface area (TPSA) is 66.4 Å². The van der Waals surface area contributed by atoms with E-state index >= 15 is 0 Å². The van der Waals surface area contributed by atoms with Crippen molar-refractivity contribution in [2.75, 3.05) is 0 Å². The number of carboxylic acids is 1. The normalized spacial score (nSPS) is 25.4. The summed E-state index contributed by atoms with van der Waals surface area (Å²) in [6.45, 7) is 2.01. The molecule has 0 saturated heterocycles. The van der Waals surface area contributed by atoms with Crippen molar-refractivity contribution in [2.45, 2.75) is 38.1 Å². The quantitative estimate of drug-likeness (QED) is 0.844. The zero-order valence-electron chi connectivity index (χ0n) is 11.7. The molecular formula is C15H17BrClNO3. The second-order valence-electron chi connectivity index (χ2n) is 5.64. The number of rotatable bonds is 3. The van der Waals surface area contributed by atoms with Crippen molar-refractivity contribution in [3.63, 3.8) is 0 Å². The lowest BCUT2D eigenvalue weighted by Gasteiger charge is -2.37. The van der Waals surface area contributed by atoms with Crippen LogP contribution in [0.3, 0.4) is 0 Å². The van der Waals surface area contributed by atoms with Crippen molar-refractivity contribution in [3.05, 3.63) is 33.3 Å². The monoisotopic (exact) mass is 373 g/mol. The van der Waals surface area contributed by atoms with E-state index < -0.39 is 17.4 Å². The number of halogens is 2. The fraction of sp³-hybridized carbons (Fsp3) is 0.467. The third kappa shape index (κ3) is 3.40. The molecule has 0 bridgehead atoms. The summed E-state index contributed by atoms with van der Waals surface area (Å²) in [5.41, 5.74) is -0.912. The van der Waals surface area contributed by atoms with Crippen LogP contribution in [0.5, 0.6) is 0 Å². The van der Waals surface area contributed by atoms with Crippen molar-refractivity contribution in [1.29, 1.82) is 0 Å². The Hall–Kier alpha value is -1.07. The highest BCUT2D eigenvalue weighted by Crippen LogP contribution is 2.33. The van der Waals surface area contributed by atoms with Gasteiger partial charge in [-0.25, -0.2) is 4.79 Å². The van der Waals surface area contributed by atoms with E-state index in [-0.39, 0.29) is 11.5 Å². The molecule has 2 rings (SSSR count). The third-order valence-electron chi connectivity index (χ3n) is 3.96. The molecule has 0 aromatic heterocycles. The Balaban J connectivity index is 2.27. The van der Waals surface area contributed by atoms with E-state index in [1.807, 2.05) is 6.92 Å². The molecule has 1 saturated carbocycles. The van der Waals surface area contributed by atoms with Crippen LogP contribution in [-0.2, 0) is 4.79 Å². The average molecular weight is 375 g/mol. The molecule has 1 aliphatic rings. The molecule has 6 heteroatoms. The van der Waals surface area contributed by atoms with E-state index in [9.17, 15) is 14.7 Å². The lowest BCUT2D eigenvalue weighted by atomic mass is 9.76. The molecule has 2 unspecified atom stereocenters. The van der Waals surface area contributed by atoms with Gasteiger partial charge in [0.05, 0.1) is 10.6 Å². The SMILES string of the molecule is CC1CCCC(NC(=O)c2cccc(Br)c2Cl)(C(=O)O)C1. The Morgan fingerprint density at radius 1 is 1.48 bits per heavy atom. The number of carbonyl (C=O) groups excluding carboxylic acids is 1. The Labute approximate surface area is 137 Å². The van der Waals surface area contributed by atoms with Crippen molar-refractivity contribution in [2.24, 2.45) is 5.92 Å². The zero-order chi connectivity index (χ0) is 15.6. The first kappa shape index (κ1) is 16.3. The van der Waals surface area contributed by atoms with E-state index in [0.29, 0.717) is 22.3 Å². The van der Waals surface area contributed by atoms with Crippen LogP contribution in [0.25, 0.3) is 0 Å². The molecule has 0 aliphatic heterocycles. The lowest BCUT2D eigenvalue weighted by molar-refractivity contribution is -0.146. The Morgan fingerprint density at radius 3 is 2.81 bits per heavy atom. The number of benzene rings is 1. The second kappa shape index (κ2) is 6.36. The first-order valence-corrected chi connectivity index (χ1v) is 8.03. The Bertz CT molecular complexity index is 578. The minimum atomic E-state index is -1.19. The smallest absolute Gasteiger partial charge is 0.329 e. The molecule has 21 heavy (non-hydrogen) atoms. The first-order chi connectivity index (χ1) is 9.85. The van der Waals surface area contributed by atoms with Gasteiger partial charge >= 0.3 is 5.97 Å². The van der Waals surface area contributed by atoms with Crippen LogP contribution in [0.1, 0.15) is 43.0 Å². The number of carboxylic acid groups (broad SMARTS) is 1. The van der Waals surface area contributed by atoms with Gasteiger partial charge in [0.25, 0.3) is 5.91 Å². The first-order valence-electron chi connectivity index (χ1n) is 6.85. The summed E-state index contributed by atoms with van der Waals surface area (Å²) >= 11 is 9.37. The standard InChI is InChI=1S/C15H17BrClNO3/c1-9-4-3-7-15(8-9,14(20)21)18-13(19)10-5-2-6-11(16)12(10)17/h2,5-6,9H,3-4,7-8H2,1H3,(H,18,19)(H,20,21). The summed E-state index contributed by atoms with van der Waals surface area (Å²) in [6, 6.07) is 5.01. The fourth-order valence-corrected chi connectivity index (χ4v) is 3.45. The lowest BCUT2D eigenvalue weighted by Crippen LogP contribution is -2.56. The van der Waals surface area contributed by atoms with Gasteiger partial charge in [0, 0.05) is 4.47 Å². The molecular weight excluding hydrogens is 358 g/mol. The van der Waals surface area contributed by atoms with Crippen LogP contribution >= 0.6 is 27.5 Å². The van der Waals surface area contributed by atoms with Gasteiger partial charge in [0.1, 0.15) is 5.54 Å². The summed E-state index contributed by atoms with van der Waals surface area (Å²) in [5, 5.41) is 12.6. The highest BCUT2D eigenvalue weighted by atomic mass is 79.9. The largest absolute Gasteiger partial charge is 0.480 e. The molecule has 1 aromatic carbocycles. The van der Waals surface area contributed by atoms with Gasteiger partial charge in [-0.2, -0.15) is 0 Å². The minimum Gasteiger partial charge on any atom is -0.480 e. The number of aliphatic carboxylic acids is 1. The van der Waals surface area contributed by atoms with E-state index in [2.05, 4.69) is 21.2 Å². The Kier molecular flexibility index (Phi) is 4.94. The number of hydrogen-bond donors (Lipinski definition) is 2. The van der Waals surface area contributed by atoms with Crippen LogP contribution in [0.15, 0.2) is 22.7 Å². The molecule has 2 N–H and O–H groups in total. The molecule has 0 radical (unpaired) electrons. The second-order valence-corrected chi connectivity index (χ2v) is 6.88. The van der Waals surface area contributed by atoms with Gasteiger partial charge in [-0.05, 0) is 46.8 Å². The van der Waals surface area contributed by atoms with Gasteiger partial charge in [-0.15, -0.1) is 0 Å². The molecule has 1 aliphatic carbocycles. The molecule has 114 valence electrons. The number of nitrogens with one attached hydrogen (secondary N) is 1. The van der Waals surface area contributed by atoms with E-state index in [1.54, 1.807) is 18.2 Å². The van der Waals surface area contributed by atoms with Gasteiger partial charge in [0.15, 0.2) is 0 Å². The van der Waals surface area contributed by atoms with Crippen LogP contribution in [0, 0.1) is 5.92 Å². The predicted molar refractivity (Wildman–Crippen MR) is 84.6 cm³/mol. The van der Waals surface area contributed by atoms with Gasteiger partial charge in [-0.1, -0.05) is 37.4 Å². The Morgan fingerprint density at radius 2 is 2.19 bits per heavy atom. The van der Waals surface area contributed by atoms with Crippen LogP contribution in [0.4, 0.5) is 0 Å². The average Bonchev–Trinajstić information content (AvgIpc) is 2.41. The van der Waals surface area contributed by atoms with E-state index in [1.165, 1.54) is 0 Å². The maximum atomic E-state index is 12.4. The van der Waals surface area contributed by atoms with E-state index in [0.717, 1.165) is 12.8 Å². The van der Waals surface area contributed by atoms with Crippen LogP contribution in [0.2, 0.25) is 5.02 Å². The predicted octanol–water partition coefficient (Wildman–Crippen LogP) is 3.87. The third-order valence-corrected chi connectivity index (χ3v) is 5.25. The highest BCUT2D eigenvalue weighted by molar-refractivity contribution is 9.10.